The van der Waals surface area contributed by atoms with Crippen LogP contribution < -0.4 is 5.32 Å². The zero-order valence-corrected chi connectivity index (χ0v) is 14.4. The molecule has 0 aliphatic heterocycles. The van der Waals surface area contributed by atoms with Gasteiger partial charge >= 0.3 is 18.0 Å². The minimum atomic E-state index is -6.25. The van der Waals surface area contributed by atoms with E-state index in [4.69, 9.17) is 0 Å². The Morgan fingerprint density at radius 3 is 1.75 bits per heavy atom. The third kappa shape index (κ3) is 3.67. The molecule has 0 saturated heterocycles. The predicted molar refractivity (Wildman–Crippen MR) is 85.2 cm³/mol. The van der Waals surface area contributed by atoms with Crippen molar-refractivity contribution in [1.82, 2.24) is 0 Å². The minimum absolute atomic E-state index is 0.149. The van der Waals surface area contributed by atoms with Crippen LogP contribution in [0.4, 0.5) is 40.8 Å². The lowest BCUT2D eigenvalue weighted by Gasteiger charge is -2.31. The summed E-state index contributed by atoms with van der Waals surface area (Å²) in [5, 5.41) is 2.23. The molecule has 2 aromatic carbocycles. The van der Waals surface area contributed by atoms with Crippen LogP contribution in [0.1, 0.15) is 27.0 Å². The summed E-state index contributed by atoms with van der Waals surface area (Å²) in [4.78, 5) is 12.2. The lowest BCUT2D eigenvalue weighted by Crippen LogP contribution is -2.50. The molecule has 10 heteroatoms. The second-order valence-corrected chi connectivity index (χ2v) is 6.07. The van der Waals surface area contributed by atoms with Gasteiger partial charge in [-0.2, -0.15) is 26.3 Å². The van der Waals surface area contributed by atoms with Crippen LogP contribution in [-0.2, 0) is 5.67 Å². The van der Waals surface area contributed by atoms with Gasteiger partial charge in [0.2, 0.25) is 0 Å². The SMILES string of the molecule is Cc1cc(C(F)(C(F)(F)F)C(F)(F)F)cc(C)c1NC(=O)c1ccccc1F. The lowest BCUT2D eigenvalue weighted by atomic mass is 9.90. The third-order valence-electron chi connectivity index (χ3n) is 4.07. The van der Waals surface area contributed by atoms with Gasteiger partial charge in [-0.1, -0.05) is 24.3 Å². The topological polar surface area (TPSA) is 29.1 Å². The Bertz CT molecular complexity index is 864. The number of aryl methyl sites for hydroxylation is 2. The summed E-state index contributed by atoms with van der Waals surface area (Å²) >= 11 is 0. The first-order chi connectivity index (χ1) is 12.7. The van der Waals surface area contributed by atoms with Crippen LogP contribution in [0.15, 0.2) is 36.4 Å². The summed E-state index contributed by atoms with van der Waals surface area (Å²) in [5.41, 5.74) is -8.28. The number of amides is 1. The monoisotopic (exact) mass is 411 g/mol. The number of alkyl halides is 7. The molecular weight excluding hydrogens is 398 g/mol. The number of benzene rings is 2. The molecule has 1 N–H and O–H groups in total. The van der Waals surface area contributed by atoms with Gasteiger partial charge in [-0.3, -0.25) is 4.79 Å². The predicted octanol–water partition coefficient (Wildman–Crippen LogP) is 5.98. The first kappa shape index (κ1) is 21.6. The van der Waals surface area contributed by atoms with Crippen molar-refractivity contribution >= 4 is 11.6 Å². The Labute approximate surface area is 154 Å². The van der Waals surface area contributed by atoms with Crippen molar-refractivity contribution in [2.75, 3.05) is 5.32 Å². The number of carbonyl (C=O) groups excluding carboxylic acids is 1. The van der Waals surface area contributed by atoms with Crippen molar-refractivity contribution in [2.45, 2.75) is 31.9 Å². The molecule has 0 heterocycles. The largest absolute Gasteiger partial charge is 0.435 e. The normalized spacial score (nSPS) is 12.8. The van der Waals surface area contributed by atoms with Gasteiger partial charge in [0.25, 0.3) is 5.91 Å². The van der Waals surface area contributed by atoms with Gasteiger partial charge in [0.05, 0.1) is 5.56 Å². The van der Waals surface area contributed by atoms with Gasteiger partial charge in [0.1, 0.15) is 5.82 Å². The summed E-state index contributed by atoms with van der Waals surface area (Å²) in [5.74, 6) is -1.83. The lowest BCUT2D eigenvalue weighted by molar-refractivity contribution is -0.348. The highest BCUT2D eigenvalue weighted by Gasteiger charge is 2.73. The fourth-order valence-electron chi connectivity index (χ4n) is 2.67. The highest BCUT2D eigenvalue weighted by atomic mass is 19.4. The van der Waals surface area contributed by atoms with E-state index in [0.29, 0.717) is 12.1 Å². The highest BCUT2D eigenvalue weighted by molar-refractivity contribution is 6.05. The summed E-state index contributed by atoms with van der Waals surface area (Å²) < 4.78 is 105. The Hall–Kier alpha value is -2.65. The molecule has 2 nitrogen and oxygen atoms in total. The smallest absolute Gasteiger partial charge is 0.321 e. The van der Waals surface area contributed by atoms with Crippen LogP contribution >= 0.6 is 0 Å². The van der Waals surface area contributed by atoms with Gasteiger partial charge in [-0.25, -0.2) is 8.78 Å². The Morgan fingerprint density at radius 1 is 0.857 bits per heavy atom. The van der Waals surface area contributed by atoms with Crippen molar-refractivity contribution < 1.29 is 39.9 Å². The zero-order valence-electron chi connectivity index (χ0n) is 14.4. The van der Waals surface area contributed by atoms with Crippen LogP contribution in [0.3, 0.4) is 0 Å². The molecule has 0 fully saturated rings. The minimum Gasteiger partial charge on any atom is -0.321 e. The van der Waals surface area contributed by atoms with E-state index in [1.54, 1.807) is 0 Å². The van der Waals surface area contributed by atoms with Crippen molar-refractivity contribution in [3.63, 3.8) is 0 Å². The van der Waals surface area contributed by atoms with E-state index >= 15 is 0 Å². The summed E-state index contributed by atoms with van der Waals surface area (Å²) in [7, 11) is 0. The molecule has 2 rings (SSSR count). The molecule has 152 valence electrons. The van der Waals surface area contributed by atoms with Crippen LogP contribution in [0.5, 0.6) is 0 Å². The first-order valence-electron chi connectivity index (χ1n) is 7.70. The maximum Gasteiger partial charge on any atom is 0.435 e. The summed E-state index contributed by atoms with van der Waals surface area (Å²) in [6.45, 7) is 2.20. The van der Waals surface area contributed by atoms with Gasteiger partial charge in [-0.05, 0) is 37.1 Å². The Morgan fingerprint density at radius 2 is 1.32 bits per heavy atom. The van der Waals surface area contributed by atoms with Crippen LogP contribution in [0.2, 0.25) is 0 Å². The van der Waals surface area contributed by atoms with E-state index in [-0.39, 0.29) is 22.4 Å². The van der Waals surface area contributed by atoms with E-state index in [2.05, 4.69) is 5.32 Å². The average Bonchev–Trinajstić information content (AvgIpc) is 2.55. The number of nitrogens with one attached hydrogen (secondary N) is 1. The van der Waals surface area contributed by atoms with E-state index in [1.807, 2.05) is 0 Å². The van der Waals surface area contributed by atoms with Crippen LogP contribution in [0.25, 0.3) is 0 Å². The standard InChI is InChI=1S/C18H13F8NO/c1-9-7-11(16(20,17(21,22)23)18(24,25)26)8-10(2)14(9)27-15(28)12-5-3-4-6-13(12)19/h3-8H,1-2H3,(H,27,28). The molecular formula is C18H13F8NO. The Balaban J connectivity index is 2.51. The van der Waals surface area contributed by atoms with Gasteiger partial charge in [-0.15, -0.1) is 0 Å². The van der Waals surface area contributed by atoms with Crippen molar-refractivity contribution in [3.8, 4) is 0 Å². The molecule has 0 aliphatic carbocycles. The number of hydrogen-bond acceptors (Lipinski definition) is 1. The zero-order chi connectivity index (χ0) is 21.5. The van der Waals surface area contributed by atoms with Crippen LogP contribution in [-0.4, -0.2) is 18.3 Å². The first-order valence-corrected chi connectivity index (χ1v) is 7.70. The quantitative estimate of drug-likeness (QED) is 0.619. The number of rotatable bonds is 3. The average molecular weight is 411 g/mol. The second kappa shape index (κ2) is 7.06. The molecule has 0 radical (unpaired) electrons. The highest BCUT2D eigenvalue weighted by Crippen LogP contribution is 2.53. The molecule has 0 saturated carbocycles. The van der Waals surface area contributed by atoms with Gasteiger partial charge in [0.15, 0.2) is 0 Å². The molecule has 0 aromatic heterocycles. The fraction of sp³-hybridized carbons (Fsp3) is 0.278. The molecule has 28 heavy (non-hydrogen) atoms. The van der Waals surface area contributed by atoms with E-state index in [1.165, 1.54) is 12.1 Å². The van der Waals surface area contributed by atoms with Crippen molar-refractivity contribution in [2.24, 2.45) is 0 Å². The molecule has 0 atom stereocenters. The maximum absolute atomic E-state index is 14.2. The Kier molecular flexibility index (Phi) is 5.46. The molecule has 0 aliphatic rings. The molecule has 1 amide bonds. The van der Waals surface area contributed by atoms with Crippen LogP contribution in [0, 0.1) is 19.7 Å². The summed E-state index contributed by atoms with van der Waals surface area (Å²) in [6.07, 6.45) is -12.5. The van der Waals surface area contributed by atoms with Crippen molar-refractivity contribution in [1.29, 1.82) is 0 Å². The number of carbonyl (C=O) groups is 1. The number of hydrogen-bond donors (Lipinski definition) is 1. The number of anilines is 1. The van der Waals surface area contributed by atoms with E-state index in [9.17, 15) is 39.9 Å². The van der Waals surface area contributed by atoms with Gasteiger partial charge < -0.3 is 5.32 Å². The number of halogens is 8. The molecule has 0 spiro atoms. The maximum atomic E-state index is 14.2. The van der Waals surface area contributed by atoms with E-state index < -0.39 is 35.3 Å². The second-order valence-electron chi connectivity index (χ2n) is 6.07. The van der Waals surface area contributed by atoms with Crippen molar-refractivity contribution in [3.05, 3.63) is 64.5 Å². The summed E-state index contributed by atoms with van der Waals surface area (Å²) in [6, 6.07) is 5.54. The molecule has 2 aromatic rings. The van der Waals surface area contributed by atoms with Gasteiger partial charge in [0, 0.05) is 11.3 Å². The fourth-order valence-corrected chi connectivity index (χ4v) is 2.67. The molecule has 0 unspecified atom stereocenters. The molecule has 0 bridgehead atoms. The van der Waals surface area contributed by atoms with E-state index in [0.717, 1.165) is 26.0 Å². The third-order valence-corrected chi connectivity index (χ3v) is 4.07.